The number of nitrogens with one attached hydrogen (secondary N) is 1. The van der Waals surface area contributed by atoms with Gasteiger partial charge in [-0.15, -0.1) is 5.10 Å². The highest BCUT2D eigenvalue weighted by molar-refractivity contribution is 7.90. The zero-order valence-corrected chi connectivity index (χ0v) is 13.2. The minimum absolute atomic E-state index is 0.0601. The van der Waals surface area contributed by atoms with Crippen molar-refractivity contribution in [2.75, 3.05) is 26.0 Å². The molecule has 2 aromatic rings. The summed E-state index contributed by atoms with van der Waals surface area (Å²) in [5.74, 6) is -0.333. The number of H-pyrrole nitrogens is 1. The second-order valence-corrected chi connectivity index (χ2v) is 7.10. The standard InChI is InChI=1S/C13H15N5O4S/c1-23(20,21)11-7-15-17-12(11)10-8-22-6-5-18(10)13(19)9-3-2-4-14-16-9/h2-4,7,10H,5-6,8H2,1H3,(H,15,17)/t10-/m0/s1. The zero-order chi connectivity index (χ0) is 16.4. The number of hydrogen-bond acceptors (Lipinski definition) is 7. The lowest BCUT2D eigenvalue weighted by atomic mass is 10.1. The number of amides is 1. The van der Waals surface area contributed by atoms with Gasteiger partial charge in [0.2, 0.25) is 0 Å². The first-order valence-electron chi connectivity index (χ1n) is 6.88. The maximum Gasteiger partial charge on any atom is 0.275 e. The van der Waals surface area contributed by atoms with Crippen molar-refractivity contribution in [2.45, 2.75) is 10.9 Å². The zero-order valence-electron chi connectivity index (χ0n) is 12.3. The Morgan fingerprint density at radius 1 is 1.48 bits per heavy atom. The largest absolute Gasteiger partial charge is 0.377 e. The van der Waals surface area contributed by atoms with E-state index < -0.39 is 15.9 Å². The molecule has 122 valence electrons. The van der Waals surface area contributed by atoms with Gasteiger partial charge in [-0.1, -0.05) is 0 Å². The van der Waals surface area contributed by atoms with E-state index in [0.29, 0.717) is 18.8 Å². The number of sulfone groups is 1. The summed E-state index contributed by atoms with van der Waals surface area (Å²) in [4.78, 5) is 14.2. The third kappa shape index (κ3) is 3.08. The molecule has 0 aliphatic carbocycles. The number of morpholine rings is 1. The highest BCUT2D eigenvalue weighted by atomic mass is 32.2. The molecule has 1 atom stereocenters. The average molecular weight is 337 g/mol. The molecule has 0 aromatic carbocycles. The maximum atomic E-state index is 12.7. The molecule has 9 nitrogen and oxygen atoms in total. The molecule has 0 radical (unpaired) electrons. The van der Waals surface area contributed by atoms with Crippen LogP contribution in [0.4, 0.5) is 0 Å². The average Bonchev–Trinajstić information content (AvgIpc) is 3.05. The summed E-state index contributed by atoms with van der Waals surface area (Å²) < 4.78 is 29.2. The van der Waals surface area contributed by atoms with E-state index in [0.717, 1.165) is 6.26 Å². The molecule has 1 aliphatic rings. The van der Waals surface area contributed by atoms with Crippen molar-refractivity contribution >= 4 is 15.7 Å². The Morgan fingerprint density at radius 2 is 2.30 bits per heavy atom. The van der Waals surface area contributed by atoms with Gasteiger partial charge in [-0.05, 0) is 12.1 Å². The van der Waals surface area contributed by atoms with Crippen LogP contribution in [0, 0.1) is 0 Å². The molecule has 1 fully saturated rings. The van der Waals surface area contributed by atoms with Crippen LogP contribution in [0.1, 0.15) is 22.2 Å². The number of ether oxygens (including phenoxy) is 1. The van der Waals surface area contributed by atoms with Crippen molar-refractivity contribution in [3.05, 3.63) is 35.9 Å². The van der Waals surface area contributed by atoms with Gasteiger partial charge in [0, 0.05) is 19.0 Å². The fourth-order valence-electron chi connectivity index (χ4n) is 2.47. The summed E-state index contributed by atoms with van der Waals surface area (Å²) in [6.07, 6.45) is 3.81. The molecule has 3 heterocycles. The fourth-order valence-corrected chi connectivity index (χ4v) is 3.29. The first-order valence-corrected chi connectivity index (χ1v) is 8.77. The summed E-state index contributed by atoms with van der Waals surface area (Å²) in [6, 6.07) is 2.60. The minimum Gasteiger partial charge on any atom is -0.377 e. The van der Waals surface area contributed by atoms with Gasteiger partial charge >= 0.3 is 0 Å². The predicted molar refractivity (Wildman–Crippen MR) is 78.3 cm³/mol. The van der Waals surface area contributed by atoms with Crippen molar-refractivity contribution in [3.8, 4) is 0 Å². The summed E-state index contributed by atoms with van der Waals surface area (Å²) in [7, 11) is -3.47. The number of hydrogen-bond donors (Lipinski definition) is 1. The molecule has 0 saturated carbocycles. The Bertz CT molecular complexity index is 805. The van der Waals surface area contributed by atoms with E-state index in [1.165, 1.54) is 17.3 Å². The van der Waals surface area contributed by atoms with Crippen LogP contribution in [0.3, 0.4) is 0 Å². The van der Waals surface area contributed by atoms with Crippen molar-refractivity contribution in [2.24, 2.45) is 0 Å². The van der Waals surface area contributed by atoms with E-state index in [2.05, 4.69) is 20.4 Å². The third-order valence-corrected chi connectivity index (χ3v) is 4.67. The molecule has 3 rings (SSSR count). The van der Waals surface area contributed by atoms with Gasteiger partial charge in [-0.25, -0.2) is 8.42 Å². The first-order chi connectivity index (χ1) is 11.0. The summed E-state index contributed by atoms with van der Waals surface area (Å²) in [5, 5.41) is 14.0. The SMILES string of the molecule is CS(=O)(=O)c1cn[nH]c1[C@@H]1COCCN1C(=O)c1cccnn1. The molecular formula is C13H15N5O4S. The summed E-state index contributed by atoms with van der Waals surface area (Å²) in [6.45, 7) is 0.865. The number of carbonyl (C=O) groups excluding carboxylic acids is 1. The molecule has 1 N–H and O–H groups in total. The van der Waals surface area contributed by atoms with Crippen LogP contribution in [0.25, 0.3) is 0 Å². The number of nitrogens with zero attached hydrogens (tertiary/aromatic N) is 4. The Balaban J connectivity index is 1.97. The fraction of sp³-hybridized carbons (Fsp3) is 0.385. The monoisotopic (exact) mass is 337 g/mol. The summed E-state index contributed by atoms with van der Waals surface area (Å²) in [5.41, 5.74) is 0.532. The van der Waals surface area contributed by atoms with E-state index in [1.54, 1.807) is 12.1 Å². The Labute approximate surface area is 132 Å². The van der Waals surface area contributed by atoms with Crippen LogP contribution in [-0.4, -0.2) is 65.6 Å². The predicted octanol–water partition coefficient (Wildman–Crippen LogP) is -0.183. The topological polar surface area (TPSA) is 118 Å². The van der Waals surface area contributed by atoms with Crippen LogP contribution in [0.15, 0.2) is 29.4 Å². The smallest absolute Gasteiger partial charge is 0.275 e. The second-order valence-electron chi connectivity index (χ2n) is 5.12. The van der Waals surface area contributed by atoms with Gasteiger partial charge in [0.25, 0.3) is 5.91 Å². The number of carbonyl (C=O) groups is 1. The molecule has 1 amide bonds. The highest BCUT2D eigenvalue weighted by Crippen LogP contribution is 2.28. The maximum absolute atomic E-state index is 12.7. The van der Waals surface area contributed by atoms with Gasteiger partial charge in [0.05, 0.1) is 31.1 Å². The Morgan fingerprint density at radius 3 is 3.00 bits per heavy atom. The summed E-state index contributed by atoms with van der Waals surface area (Å²) >= 11 is 0. The third-order valence-electron chi connectivity index (χ3n) is 3.55. The number of rotatable bonds is 3. The highest BCUT2D eigenvalue weighted by Gasteiger charge is 2.34. The molecule has 1 aliphatic heterocycles. The van der Waals surface area contributed by atoms with Gasteiger partial charge in [-0.2, -0.15) is 10.2 Å². The number of aromatic amines is 1. The van der Waals surface area contributed by atoms with E-state index in [1.807, 2.05) is 0 Å². The molecule has 2 aromatic heterocycles. The lowest BCUT2D eigenvalue weighted by Gasteiger charge is -2.35. The molecule has 10 heteroatoms. The van der Waals surface area contributed by atoms with Gasteiger partial charge in [0.15, 0.2) is 15.5 Å². The van der Waals surface area contributed by atoms with Gasteiger partial charge in [-0.3, -0.25) is 9.89 Å². The normalized spacial score (nSPS) is 18.8. The van der Waals surface area contributed by atoms with Crippen molar-refractivity contribution in [1.82, 2.24) is 25.3 Å². The van der Waals surface area contributed by atoms with E-state index in [4.69, 9.17) is 4.74 Å². The minimum atomic E-state index is -3.47. The molecule has 0 bridgehead atoms. The molecule has 0 unspecified atom stereocenters. The van der Waals surface area contributed by atoms with Crippen molar-refractivity contribution < 1.29 is 17.9 Å². The molecule has 1 saturated heterocycles. The van der Waals surface area contributed by atoms with E-state index in [-0.39, 0.29) is 23.1 Å². The Kier molecular flexibility index (Phi) is 4.09. The lowest BCUT2D eigenvalue weighted by Crippen LogP contribution is -2.44. The van der Waals surface area contributed by atoms with Crippen LogP contribution >= 0.6 is 0 Å². The molecule has 0 spiro atoms. The van der Waals surface area contributed by atoms with Crippen LogP contribution in [0.2, 0.25) is 0 Å². The van der Waals surface area contributed by atoms with Crippen LogP contribution in [-0.2, 0) is 14.6 Å². The van der Waals surface area contributed by atoms with Crippen LogP contribution in [0.5, 0.6) is 0 Å². The van der Waals surface area contributed by atoms with Gasteiger partial charge < -0.3 is 9.64 Å². The second kappa shape index (κ2) is 6.05. The van der Waals surface area contributed by atoms with Crippen LogP contribution < -0.4 is 0 Å². The van der Waals surface area contributed by atoms with E-state index in [9.17, 15) is 13.2 Å². The molecule has 23 heavy (non-hydrogen) atoms. The van der Waals surface area contributed by atoms with E-state index >= 15 is 0 Å². The van der Waals surface area contributed by atoms with Crippen molar-refractivity contribution in [3.63, 3.8) is 0 Å². The molecular weight excluding hydrogens is 322 g/mol. The Hall–Kier alpha value is -2.33. The first kappa shape index (κ1) is 15.6. The van der Waals surface area contributed by atoms with Crippen molar-refractivity contribution in [1.29, 1.82) is 0 Å². The quantitative estimate of drug-likeness (QED) is 0.825. The van der Waals surface area contributed by atoms with Gasteiger partial charge in [0.1, 0.15) is 4.90 Å². The lowest BCUT2D eigenvalue weighted by molar-refractivity contribution is -0.00504. The number of aromatic nitrogens is 4.